The van der Waals surface area contributed by atoms with Crippen LogP contribution in [0.3, 0.4) is 0 Å². The molecule has 16 heteroatoms. The second kappa shape index (κ2) is 11.7. The minimum Gasteiger partial charge on any atom is -0.481 e. The summed E-state index contributed by atoms with van der Waals surface area (Å²) in [5.74, 6) is -2.86. The largest absolute Gasteiger partial charge is 0.481 e. The Kier molecular flexibility index (Phi) is 8.24. The summed E-state index contributed by atoms with van der Waals surface area (Å²) < 4.78 is 71.3. The molecule has 0 amide bonds. The maximum absolute atomic E-state index is 14.2. The van der Waals surface area contributed by atoms with Gasteiger partial charge in [0.25, 0.3) is 0 Å². The number of pyridine rings is 3. The molecule has 11 nitrogen and oxygen atoms in total. The molecule has 2 unspecified atom stereocenters. The minimum atomic E-state index is -4.74. The van der Waals surface area contributed by atoms with Crippen molar-refractivity contribution >= 4 is 39.1 Å². The zero-order valence-corrected chi connectivity index (χ0v) is 27.7. The van der Waals surface area contributed by atoms with Crippen molar-refractivity contribution in [1.29, 1.82) is 0 Å². The number of carboxylic acids is 1. The lowest BCUT2D eigenvalue weighted by molar-refractivity contribution is -0.147. The first-order valence-corrected chi connectivity index (χ1v) is 16.9. The molecule has 0 spiro atoms. The van der Waals surface area contributed by atoms with Crippen LogP contribution in [0, 0.1) is 19.3 Å². The molecule has 2 aliphatic heterocycles. The van der Waals surface area contributed by atoms with Gasteiger partial charge in [-0.1, -0.05) is 17.7 Å². The Morgan fingerprint density at radius 2 is 1.87 bits per heavy atom. The molecule has 250 valence electrons. The highest BCUT2D eigenvalue weighted by atomic mass is 35.5. The van der Waals surface area contributed by atoms with Crippen LogP contribution in [-0.2, 0) is 27.5 Å². The number of nitrogens with zero attached hydrogens (tertiary/aromatic N) is 7. The average molecular weight is 692 g/mol. The van der Waals surface area contributed by atoms with Gasteiger partial charge in [0.05, 0.1) is 10.4 Å². The molecule has 0 saturated carbocycles. The van der Waals surface area contributed by atoms with E-state index in [1.165, 1.54) is 48.9 Å². The number of anilines is 1. The SMILES string of the molecule is Cc1ncc(C(c2ccn3c(C(F)(F)F)nnc3c2C)C(C)(C)C(=O)O)cc1CN1CC2CCCCN2c2ncc(Cl)cc2S1(=O)=O. The number of aromatic nitrogens is 5. The fourth-order valence-electron chi connectivity index (χ4n) is 6.73. The lowest BCUT2D eigenvalue weighted by atomic mass is 9.70. The van der Waals surface area contributed by atoms with Crippen LogP contribution in [-0.4, -0.2) is 67.5 Å². The zero-order chi connectivity index (χ0) is 34.1. The van der Waals surface area contributed by atoms with Crippen LogP contribution in [0.5, 0.6) is 0 Å². The normalized spacial score (nSPS) is 19.2. The second-order valence-electron chi connectivity index (χ2n) is 12.7. The van der Waals surface area contributed by atoms with Crippen molar-refractivity contribution in [3.63, 3.8) is 0 Å². The van der Waals surface area contributed by atoms with E-state index in [1.807, 2.05) is 4.90 Å². The number of rotatable bonds is 6. The van der Waals surface area contributed by atoms with E-state index in [0.717, 1.165) is 23.7 Å². The van der Waals surface area contributed by atoms with Crippen LogP contribution in [0.4, 0.5) is 19.0 Å². The van der Waals surface area contributed by atoms with Crippen molar-refractivity contribution in [2.75, 3.05) is 18.0 Å². The van der Waals surface area contributed by atoms with Crippen LogP contribution in [0.2, 0.25) is 5.02 Å². The highest BCUT2D eigenvalue weighted by Crippen LogP contribution is 2.44. The van der Waals surface area contributed by atoms with Gasteiger partial charge in [0, 0.05) is 55.9 Å². The summed E-state index contributed by atoms with van der Waals surface area (Å²) in [6.45, 7) is 7.18. The number of piperidine rings is 1. The van der Waals surface area contributed by atoms with E-state index >= 15 is 0 Å². The van der Waals surface area contributed by atoms with Gasteiger partial charge in [0.15, 0.2) is 5.65 Å². The van der Waals surface area contributed by atoms with Gasteiger partial charge in [0.1, 0.15) is 10.7 Å². The van der Waals surface area contributed by atoms with Crippen LogP contribution < -0.4 is 4.90 Å². The van der Waals surface area contributed by atoms with Gasteiger partial charge in [-0.05, 0) is 81.3 Å². The Morgan fingerprint density at radius 3 is 2.57 bits per heavy atom. The van der Waals surface area contributed by atoms with E-state index < -0.39 is 39.3 Å². The monoisotopic (exact) mass is 691 g/mol. The lowest BCUT2D eigenvalue weighted by Gasteiger charge is -2.36. The van der Waals surface area contributed by atoms with Gasteiger partial charge < -0.3 is 10.0 Å². The van der Waals surface area contributed by atoms with Crippen molar-refractivity contribution in [3.05, 3.63) is 75.6 Å². The Labute approximate surface area is 274 Å². The molecule has 1 saturated heterocycles. The van der Waals surface area contributed by atoms with E-state index in [1.54, 1.807) is 19.9 Å². The molecule has 6 heterocycles. The number of carbonyl (C=O) groups is 1. The second-order valence-corrected chi connectivity index (χ2v) is 15.0. The number of hydrogen-bond donors (Lipinski definition) is 1. The molecule has 0 aromatic carbocycles. The van der Waals surface area contributed by atoms with Crippen molar-refractivity contribution in [3.8, 4) is 0 Å². The summed E-state index contributed by atoms with van der Waals surface area (Å²) in [4.78, 5) is 23.7. The average Bonchev–Trinajstić information content (AvgIpc) is 3.42. The van der Waals surface area contributed by atoms with E-state index in [-0.39, 0.29) is 34.7 Å². The van der Waals surface area contributed by atoms with E-state index in [9.17, 15) is 31.5 Å². The number of fused-ring (bicyclic) bond motifs is 4. The van der Waals surface area contributed by atoms with Gasteiger partial charge in [-0.2, -0.15) is 17.5 Å². The predicted octanol–water partition coefficient (Wildman–Crippen LogP) is 5.61. The zero-order valence-electron chi connectivity index (χ0n) is 26.1. The van der Waals surface area contributed by atoms with Gasteiger partial charge in [0.2, 0.25) is 15.8 Å². The van der Waals surface area contributed by atoms with Crippen LogP contribution >= 0.6 is 11.6 Å². The molecule has 4 aromatic heterocycles. The van der Waals surface area contributed by atoms with Crippen molar-refractivity contribution in [1.82, 2.24) is 28.9 Å². The molecular formula is C31H33ClF3N7O4S. The van der Waals surface area contributed by atoms with Crippen molar-refractivity contribution < 1.29 is 31.5 Å². The quantitative estimate of drug-likeness (QED) is 0.274. The van der Waals surface area contributed by atoms with Gasteiger partial charge in [-0.25, -0.2) is 13.4 Å². The third-order valence-electron chi connectivity index (χ3n) is 9.33. The van der Waals surface area contributed by atoms with E-state index in [4.69, 9.17) is 11.6 Å². The highest BCUT2D eigenvalue weighted by Gasteiger charge is 2.43. The number of halogens is 4. The lowest BCUT2D eigenvalue weighted by Crippen LogP contribution is -2.45. The van der Waals surface area contributed by atoms with Crippen molar-refractivity contribution in [2.45, 2.75) is 76.5 Å². The molecule has 47 heavy (non-hydrogen) atoms. The number of aryl methyl sites for hydroxylation is 2. The number of hydrogen-bond acceptors (Lipinski definition) is 8. The van der Waals surface area contributed by atoms with E-state index in [0.29, 0.717) is 40.3 Å². The molecule has 1 fully saturated rings. The Balaban J connectivity index is 1.46. The number of aliphatic carboxylic acids is 1. The Bertz CT molecular complexity index is 2000. The van der Waals surface area contributed by atoms with Gasteiger partial charge >= 0.3 is 12.1 Å². The van der Waals surface area contributed by atoms with Crippen molar-refractivity contribution in [2.24, 2.45) is 5.41 Å². The first-order valence-electron chi connectivity index (χ1n) is 15.0. The standard InChI is InChI=1S/C31H33ClF3N7O4S/c1-17-23(8-10-42-26(17)38-39-28(42)31(33,34)35)25(30(3,4)29(43)44)19-11-20(18(2)36-13-19)15-40-16-22-7-5-6-9-41(22)27-24(47(40,45)46)12-21(32)14-37-27/h8,10-14,22,25H,5-7,9,15-16H2,1-4H3,(H,43,44). The topological polar surface area (TPSA) is 134 Å². The summed E-state index contributed by atoms with van der Waals surface area (Å²) in [5.41, 5.74) is 0.784. The smallest absolute Gasteiger partial charge is 0.452 e. The number of alkyl halides is 3. The molecule has 0 radical (unpaired) electrons. The predicted molar refractivity (Wildman–Crippen MR) is 167 cm³/mol. The fraction of sp³-hybridized carbons (Fsp3) is 0.452. The number of sulfonamides is 1. The number of carboxylic acid groups (broad SMARTS) is 1. The first kappa shape index (κ1) is 33.1. The summed E-state index contributed by atoms with van der Waals surface area (Å²) >= 11 is 6.23. The molecule has 2 aliphatic rings. The van der Waals surface area contributed by atoms with Crippen LogP contribution in [0.1, 0.15) is 72.8 Å². The van der Waals surface area contributed by atoms with Gasteiger partial charge in [-0.15, -0.1) is 10.2 Å². The first-order chi connectivity index (χ1) is 22.0. The molecule has 0 aliphatic carbocycles. The molecule has 6 rings (SSSR count). The third-order valence-corrected chi connectivity index (χ3v) is 11.3. The highest BCUT2D eigenvalue weighted by molar-refractivity contribution is 7.89. The Hall–Kier alpha value is -3.82. The van der Waals surface area contributed by atoms with E-state index in [2.05, 4.69) is 20.2 Å². The molecule has 4 aromatic rings. The maximum atomic E-state index is 14.2. The minimum absolute atomic E-state index is 0.0246. The fourth-order valence-corrected chi connectivity index (χ4v) is 8.58. The third kappa shape index (κ3) is 5.71. The molecule has 2 atom stereocenters. The summed E-state index contributed by atoms with van der Waals surface area (Å²) in [5, 5.41) is 17.7. The maximum Gasteiger partial charge on any atom is 0.452 e. The molecular weight excluding hydrogens is 659 g/mol. The molecule has 0 bridgehead atoms. The molecule has 1 N–H and O–H groups in total. The summed E-state index contributed by atoms with van der Waals surface area (Å²) in [6.07, 6.45) is 2.05. The van der Waals surface area contributed by atoms with Crippen LogP contribution in [0.15, 0.2) is 41.7 Å². The Morgan fingerprint density at radius 1 is 1.13 bits per heavy atom. The van der Waals surface area contributed by atoms with Gasteiger partial charge in [-0.3, -0.25) is 14.2 Å². The van der Waals surface area contributed by atoms with Crippen LogP contribution in [0.25, 0.3) is 5.65 Å². The summed E-state index contributed by atoms with van der Waals surface area (Å²) in [7, 11) is -4.07. The summed E-state index contributed by atoms with van der Waals surface area (Å²) in [6, 6.07) is 4.50.